The number of nitro groups is 1. The minimum absolute atomic E-state index is 0.0104. The second-order valence-corrected chi connectivity index (χ2v) is 9.59. The van der Waals surface area contributed by atoms with Crippen LogP contribution in [0.5, 0.6) is 23.0 Å². The van der Waals surface area contributed by atoms with Gasteiger partial charge in [0.2, 0.25) is 5.75 Å². The van der Waals surface area contributed by atoms with Gasteiger partial charge in [0.05, 0.1) is 42.7 Å². The van der Waals surface area contributed by atoms with E-state index < -0.39 is 22.4 Å². The van der Waals surface area contributed by atoms with E-state index >= 15 is 0 Å². The van der Waals surface area contributed by atoms with E-state index in [4.69, 9.17) is 14.2 Å². The third kappa shape index (κ3) is 5.00. The number of ether oxygens (including phenoxy) is 3. The number of fused-ring (bicyclic) bond motifs is 1. The van der Waals surface area contributed by atoms with Crippen molar-refractivity contribution in [2.24, 2.45) is 0 Å². The van der Waals surface area contributed by atoms with Gasteiger partial charge in [-0.05, 0) is 67.6 Å². The highest BCUT2D eigenvalue weighted by Crippen LogP contribution is 2.47. The molecule has 0 spiro atoms. The molecule has 2 atom stereocenters. The molecule has 0 bridgehead atoms. The average molecular weight is 546 g/mol. The Morgan fingerprint density at radius 3 is 2.35 bits per heavy atom. The molecule has 0 saturated carbocycles. The van der Waals surface area contributed by atoms with Crippen LogP contribution in [0, 0.1) is 10.1 Å². The third-order valence-electron chi connectivity index (χ3n) is 7.17. The maximum Gasteiger partial charge on any atom is 0.315 e. The molecule has 1 aliphatic carbocycles. The molecule has 0 saturated heterocycles. The molecule has 0 fully saturated rings. The summed E-state index contributed by atoms with van der Waals surface area (Å²) in [6.07, 6.45) is 0.772. The number of benzene rings is 3. The van der Waals surface area contributed by atoms with Gasteiger partial charge in [-0.25, -0.2) is 0 Å². The number of phenolic OH excluding ortho intramolecular Hbond substituents is 1. The minimum Gasteiger partial charge on any atom is -0.500 e. The van der Waals surface area contributed by atoms with Crippen molar-refractivity contribution in [1.29, 1.82) is 0 Å². The average Bonchev–Trinajstić information content (AvgIpc) is 3.11. The molecule has 0 unspecified atom stereocenters. The second-order valence-electron chi connectivity index (χ2n) is 9.59. The fourth-order valence-corrected chi connectivity index (χ4v) is 5.38. The molecular weight excluding hydrogens is 514 g/mol. The SMILES string of the molecule is CCOc1ccc([C@@H]2CC(=O)C3=C(C2)Nc2ccccc2N[C@@H]3c2cc(OCC)c(O)c([N+](=O)[O-])c2)cc1OC. The smallest absolute Gasteiger partial charge is 0.315 e. The van der Waals surface area contributed by atoms with Crippen LogP contribution in [0.25, 0.3) is 0 Å². The van der Waals surface area contributed by atoms with Gasteiger partial charge in [0.15, 0.2) is 23.0 Å². The fourth-order valence-electron chi connectivity index (χ4n) is 5.38. The molecule has 3 N–H and O–H groups in total. The van der Waals surface area contributed by atoms with Gasteiger partial charge in [-0.1, -0.05) is 18.2 Å². The zero-order valence-corrected chi connectivity index (χ0v) is 22.5. The molecule has 3 aromatic rings. The van der Waals surface area contributed by atoms with E-state index in [1.807, 2.05) is 49.4 Å². The van der Waals surface area contributed by atoms with Crippen molar-refractivity contribution in [3.05, 3.63) is 87.1 Å². The largest absolute Gasteiger partial charge is 0.500 e. The van der Waals surface area contributed by atoms with E-state index in [0.29, 0.717) is 35.7 Å². The van der Waals surface area contributed by atoms with Crippen molar-refractivity contribution in [1.82, 2.24) is 0 Å². The molecule has 0 radical (unpaired) electrons. The number of phenols is 1. The van der Waals surface area contributed by atoms with Crippen molar-refractivity contribution in [3.63, 3.8) is 0 Å². The highest BCUT2D eigenvalue weighted by Gasteiger charge is 2.37. The van der Waals surface area contributed by atoms with Gasteiger partial charge < -0.3 is 30.0 Å². The summed E-state index contributed by atoms with van der Waals surface area (Å²) in [6.45, 7) is 4.34. The Balaban J connectivity index is 1.62. The van der Waals surface area contributed by atoms with Crippen LogP contribution in [0.4, 0.5) is 17.1 Å². The lowest BCUT2D eigenvalue weighted by Crippen LogP contribution is -2.27. The molecular formula is C30H31N3O7. The van der Waals surface area contributed by atoms with Gasteiger partial charge in [-0.2, -0.15) is 0 Å². The zero-order chi connectivity index (χ0) is 28.4. The lowest BCUT2D eigenvalue weighted by molar-refractivity contribution is -0.386. The van der Waals surface area contributed by atoms with Crippen LogP contribution in [0.15, 0.2) is 65.9 Å². The maximum absolute atomic E-state index is 13.9. The molecule has 40 heavy (non-hydrogen) atoms. The van der Waals surface area contributed by atoms with Crippen molar-refractivity contribution in [2.75, 3.05) is 31.0 Å². The van der Waals surface area contributed by atoms with Crippen molar-refractivity contribution in [3.8, 4) is 23.0 Å². The van der Waals surface area contributed by atoms with Gasteiger partial charge in [-0.15, -0.1) is 0 Å². The summed E-state index contributed by atoms with van der Waals surface area (Å²) in [5, 5.41) is 29.2. The van der Waals surface area contributed by atoms with Crippen LogP contribution in [0.1, 0.15) is 49.8 Å². The summed E-state index contributed by atoms with van der Waals surface area (Å²) >= 11 is 0. The predicted octanol–water partition coefficient (Wildman–Crippen LogP) is 6.09. The van der Waals surface area contributed by atoms with E-state index in [1.54, 1.807) is 20.1 Å². The van der Waals surface area contributed by atoms with E-state index in [2.05, 4.69) is 10.6 Å². The molecule has 0 amide bonds. The summed E-state index contributed by atoms with van der Waals surface area (Å²) in [6, 6.07) is 15.4. The molecule has 2 aliphatic rings. The van der Waals surface area contributed by atoms with E-state index in [0.717, 1.165) is 22.6 Å². The molecule has 10 nitrogen and oxygen atoms in total. The van der Waals surface area contributed by atoms with Gasteiger partial charge in [0.25, 0.3) is 0 Å². The quantitative estimate of drug-likeness (QED) is 0.227. The second kappa shape index (κ2) is 11.2. The molecule has 3 aromatic carbocycles. The number of ketones is 1. The summed E-state index contributed by atoms with van der Waals surface area (Å²) in [5.41, 5.74) is 3.64. The Bertz CT molecular complexity index is 1500. The van der Waals surface area contributed by atoms with Crippen LogP contribution in [-0.2, 0) is 4.79 Å². The Kier molecular flexibility index (Phi) is 7.50. The van der Waals surface area contributed by atoms with Crippen LogP contribution in [0.3, 0.4) is 0 Å². The van der Waals surface area contributed by atoms with Crippen molar-refractivity contribution >= 4 is 22.8 Å². The molecule has 10 heteroatoms. The third-order valence-corrected chi connectivity index (χ3v) is 7.17. The first-order valence-electron chi connectivity index (χ1n) is 13.2. The Morgan fingerprint density at radius 1 is 0.950 bits per heavy atom. The standard InChI is InChI=1S/C30H31N3O7/c1-4-39-25-11-10-17(15-26(25)38-3)18-12-22-28(24(34)14-18)29(32-21-9-7-6-8-20(21)31-22)19-13-23(33(36)37)30(35)27(16-19)40-5-2/h6-11,13,15-16,18,29,31-32,35H,4-5,12,14H2,1-3H3/t18-,29+/m0/s1. The summed E-state index contributed by atoms with van der Waals surface area (Å²) in [5.74, 6) is 0.471. The highest BCUT2D eigenvalue weighted by atomic mass is 16.6. The number of methoxy groups -OCH3 is 1. The number of nitro benzene ring substituents is 1. The van der Waals surface area contributed by atoms with Crippen LogP contribution in [0.2, 0.25) is 0 Å². The molecule has 1 aliphatic heterocycles. The molecule has 5 rings (SSSR count). The van der Waals surface area contributed by atoms with Gasteiger partial charge in [-0.3, -0.25) is 14.9 Å². The fraction of sp³-hybridized carbons (Fsp3) is 0.300. The Hall–Kier alpha value is -4.73. The van der Waals surface area contributed by atoms with Gasteiger partial charge in [0.1, 0.15) is 0 Å². The number of nitrogens with one attached hydrogen (secondary N) is 2. The number of hydrogen-bond donors (Lipinski definition) is 3. The lowest BCUT2D eigenvalue weighted by Gasteiger charge is -2.30. The van der Waals surface area contributed by atoms with Crippen LogP contribution in [-0.4, -0.2) is 36.1 Å². The first-order valence-corrected chi connectivity index (χ1v) is 13.2. The number of aromatic hydroxyl groups is 1. The number of rotatable bonds is 8. The van der Waals surface area contributed by atoms with Crippen molar-refractivity contribution in [2.45, 2.75) is 38.6 Å². The van der Waals surface area contributed by atoms with Crippen molar-refractivity contribution < 1.29 is 29.0 Å². The highest BCUT2D eigenvalue weighted by molar-refractivity contribution is 6.01. The Labute approximate surface area is 231 Å². The number of carbonyl (C=O) groups excluding carboxylic acids is 1. The summed E-state index contributed by atoms with van der Waals surface area (Å²) in [7, 11) is 1.59. The summed E-state index contributed by atoms with van der Waals surface area (Å²) in [4.78, 5) is 25.1. The number of carbonyl (C=O) groups is 1. The topological polar surface area (TPSA) is 132 Å². The predicted molar refractivity (Wildman–Crippen MR) is 151 cm³/mol. The Morgan fingerprint density at radius 2 is 1.65 bits per heavy atom. The lowest BCUT2D eigenvalue weighted by atomic mass is 9.78. The zero-order valence-electron chi connectivity index (χ0n) is 22.5. The van der Waals surface area contributed by atoms with E-state index in [-0.39, 0.29) is 30.5 Å². The molecule has 0 aromatic heterocycles. The number of anilines is 2. The van der Waals surface area contributed by atoms with Gasteiger partial charge >= 0.3 is 5.69 Å². The minimum atomic E-state index is -0.715. The number of allylic oxidation sites excluding steroid dienone is 1. The summed E-state index contributed by atoms with van der Waals surface area (Å²) < 4.78 is 16.7. The number of hydrogen-bond acceptors (Lipinski definition) is 9. The van der Waals surface area contributed by atoms with Crippen LogP contribution >= 0.6 is 0 Å². The van der Waals surface area contributed by atoms with E-state index in [9.17, 15) is 20.0 Å². The number of para-hydroxylation sites is 2. The van der Waals surface area contributed by atoms with Crippen LogP contribution < -0.4 is 24.8 Å². The number of nitrogens with zero attached hydrogens (tertiary/aromatic N) is 1. The first kappa shape index (κ1) is 26.9. The number of Topliss-reactive ketones (excluding diaryl/α,β-unsaturated/α-hetero) is 1. The van der Waals surface area contributed by atoms with Gasteiger partial charge in [0, 0.05) is 23.8 Å². The molecule has 208 valence electrons. The molecule has 1 heterocycles. The first-order chi connectivity index (χ1) is 19.3. The maximum atomic E-state index is 13.9. The normalized spacial score (nSPS) is 18.0. The monoisotopic (exact) mass is 545 g/mol. The van der Waals surface area contributed by atoms with E-state index in [1.165, 1.54) is 6.07 Å².